The van der Waals surface area contributed by atoms with Crippen molar-refractivity contribution in [3.63, 3.8) is 0 Å². The van der Waals surface area contributed by atoms with E-state index in [1.54, 1.807) is 36.3 Å². The Morgan fingerprint density at radius 2 is 2.05 bits per heavy atom. The van der Waals surface area contributed by atoms with Crippen LogP contribution in [0.3, 0.4) is 0 Å². The number of benzene rings is 1. The molecule has 3 aromatic rings. The summed E-state index contributed by atoms with van der Waals surface area (Å²) < 4.78 is 15.7. The Kier molecular flexibility index (Phi) is 3.47. The van der Waals surface area contributed by atoms with Crippen LogP contribution >= 0.6 is 15.9 Å². The first-order valence-electron chi connectivity index (χ1n) is 6.27. The van der Waals surface area contributed by atoms with Crippen molar-refractivity contribution in [3.05, 3.63) is 53.0 Å². The number of hydrogen-bond donors (Lipinski definition) is 1. The van der Waals surface area contributed by atoms with Gasteiger partial charge < -0.3 is 5.73 Å². The summed E-state index contributed by atoms with van der Waals surface area (Å²) >= 11 is 3.28. The molecule has 6 heteroatoms. The number of anilines is 1. The summed E-state index contributed by atoms with van der Waals surface area (Å²) in [6.07, 6.45) is 3.40. The largest absolute Gasteiger partial charge is 0.383 e. The number of nitrogens with zero attached hydrogens (tertiary/aromatic N) is 3. The second kappa shape index (κ2) is 5.29. The van der Waals surface area contributed by atoms with Crippen molar-refractivity contribution in [2.24, 2.45) is 7.05 Å². The lowest BCUT2D eigenvalue weighted by Crippen LogP contribution is -1.98. The van der Waals surface area contributed by atoms with Gasteiger partial charge in [0.1, 0.15) is 17.3 Å². The summed E-state index contributed by atoms with van der Waals surface area (Å²) in [6.45, 7) is 0. The Labute approximate surface area is 129 Å². The van der Waals surface area contributed by atoms with Crippen molar-refractivity contribution in [2.45, 2.75) is 0 Å². The van der Waals surface area contributed by atoms with Crippen molar-refractivity contribution >= 4 is 21.7 Å². The van der Waals surface area contributed by atoms with E-state index >= 15 is 0 Å². The average Bonchev–Trinajstić information content (AvgIpc) is 2.78. The fourth-order valence-electron chi connectivity index (χ4n) is 2.21. The summed E-state index contributed by atoms with van der Waals surface area (Å²) in [5.41, 5.74) is 8.99. The summed E-state index contributed by atoms with van der Waals surface area (Å²) in [7, 11) is 1.76. The topological polar surface area (TPSA) is 56.7 Å². The standard InChI is InChI=1S/C15H12BrFN4/c1-21-15(18)12(9-4-3-7-19-8-9)14(20-21)10-5-2-6-11(17)13(10)16/h2-8H,18H2,1H3. The van der Waals surface area contributed by atoms with E-state index in [-0.39, 0.29) is 5.82 Å². The molecule has 2 heterocycles. The highest BCUT2D eigenvalue weighted by Gasteiger charge is 2.20. The molecule has 0 unspecified atom stereocenters. The van der Waals surface area contributed by atoms with Crippen LogP contribution in [0.2, 0.25) is 0 Å². The van der Waals surface area contributed by atoms with Gasteiger partial charge in [-0.15, -0.1) is 0 Å². The van der Waals surface area contributed by atoms with Gasteiger partial charge in [-0.2, -0.15) is 5.10 Å². The number of hydrogen-bond acceptors (Lipinski definition) is 3. The highest BCUT2D eigenvalue weighted by atomic mass is 79.9. The first-order valence-corrected chi connectivity index (χ1v) is 7.06. The molecule has 4 nitrogen and oxygen atoms in total. The highest BCUT2D eigenvalue weighted by molar-refractivity contribution is 9.10. The minimum Gasteiger partial charge on any atom is -0.383 e. The fourth-order valence-corrected chi connectivity index (χ4v) is 2.66. The predicted molar refractivity (Wildman–Crippen MR) is 83.9 cm³/mol. The lowest BCUT2D eigenvalue weighted by molar-refractivity contribution is 0.621. The average molecular weight is 347 g/mol. The molecule has 0 aliphatic carbocycles. The van der Waals surface area contributed by atoms with Crippen LogP contribution in [0.5, 0.6) is 0 Å². The maximum absolute atomic E-state index is 13.8. The summed E-state index contributed by atoms with van der Waals surface area (Å²) in [6, 6.07) is 8.56. The number of aromatic nitrogens is 3. The summed E-state index contributed by atoms with van der Waals surface area (Å²) in [4.78, 5) is 4.11. The Morgan fingerprint density at radius 1 is 1.24 bits per heavy atom. The Bertz CT molecular complexity index is 799. The van der Waals surface area contributed by atoms with Gasteiger partial charge in [0, 0.05) is 30.6 Å². The third-order valence-electron chi connectivity index (χ3n) is 3.25. The Hall–Kier alpha value is -2.21. The number of aryl methyl sites for hydroxylation is 1. The molecule has 0 aliphatic rings. The van der Waals surface area contributed by atoms with Crippen molar-refractivity contribution < 1.29 is 4.39 Å². The third-order valence-corrected chi connectivity index (χ3v) is 4.05. The number of pyridine rings is 1. The van der Waals surface area contributed by atoms with E-state index in [9.17, 15) is 4.39 Å². The number of rotatable bonds is 2. The van der Waals surface area contributed by atoms with Crippen LogP contribution in [0, 0.1) is 5.82 Å². The van der Waals surface area contributed by atoms with Crippen LogP contribution in [0.1, 0.15) is 0 Å². The second-order valence-corrected chi connectivity index (χ2v) is 5.37. The Morgan fingerprint density at radius 3 is 2.76 bits per heavy atom. The van der Waals surface area contributed by atoms with Crippen LogP contribution in [-0.4, -0.2) is 14.8 Å². The highest BCUT2D eigenvalue weighted by Crippen LogP contribution is 2.39. The van der Waals surface area contributed by atoms with E-state index in [1.807, 2.05) is 12.1 Å². The molecule has 0 aliphatic heterocycles. The first kappa shape index (κ1) is 13.8. The molecule has 21 heavy (non-hydrogen) atoms. The molecule has 1 aromatic carbocycles. The number of nitrogens with two attached hydrogens (primary N) is 1. The van der Waals surface area contributed by atoms with Gasteiger partial charge in [0.2, 0.25) is 0 Å². The summed E-state index contributed by atoms with van der Waals surface area (Å²) in [5.74, 6) is 0.169. The van der Waals surface area contributed by atoms with Gasteiger partial charge in [0.05, 0.1) is 10.0 Å². The quantitative estimate of drug-likeness (QED) is 0.770. The van der Waals surface area contributed by atoms with E-state index < -0.39 is 0 Å². The zero-order valence-electron chi connectivity index (χ0n) is 11.2. The first-order chi connectivity index (χ1) is 10.1. The molecule has 2 aromatic heterocycles. The van der Waals surface area contributed by atoms with Crippen molar-refractivity contribution in [1.29, 1.82) is 0 Å². The number of nitrogen functional groups attached to an aromatic ring is 1. The lowest BCUT2D eigenvalue weighted by Gasteiger charge is -2.06. The van der Waals surface area contributed by atoms with Gasteiger partial charge >= 0.3 is 0 Å². The molecule has 0 bridgehead atoms. The molecular formula is C15H12BrFN4. The van der Waals surface area contributed by atoms with E-state index in [4.69, 9.17) is 5.73 Å². The van der Waals surface area contributed by atoms with Crippen LogP contribution in [0.25, 0.3) is 22.4 Å². The van der Waals surface area contributed by atoms with E-state index in [0.29, 0.717) is 21.5 Å². The van der Waals surface area contributed by atoms with E-state index in [0.717, 1.165) is 11.1 Å². The maximum Gasteiger partial charge on any atom is 0.138 e. The molecule has 0 amide bonds. The lowest BCUT2D eigenvalue weighted by atomic mass is 10.0. The molecule has 0 atom stereocenters. The molecule has 106 valence electrons. The molecule has 0 radical (unpaired) electrons. The second-order valence-electron chi connectivity index (χ2n) is 4.58. The van der Waals surface area contributed by atoms with Crippen LogP contribution < -0.4 is 5.73 Å². The zero-order valence-corrected chi connectivity index (χ0v) is 12.8. The van der Waals surface area contributed by atoms with E-state index in [1.165, 1.54) is 6.07 Å². The van der Waals surface area contributed by atoms with Crippen LogP contribution in [-0.2, 0) is 7.05 Å². The van der Waals surface area contributed by atoms with Crippen molar-refractivity contribution in [3.8, 4) is 22.4 Å². The molecule has 0 spiro atoms. The van der Waals surface area contributed by atoms with Crippen molar-refractivity contribution in [1.82, 2.24) is 14.8 Å². The molecule has 3 rings (SSSR count). The van der Waals surface area contributed by atoms with Gasteiger partial charge in [-0.25, -0.2) is 4.39 Å². The maximum atomic E-state index is 13.8. The number of halogens is 2. The minimum atomic E-state index is -0.339. The Balaban J connectivity index is 2.30. The van der Waals surface area contributed by atoms with Gasteiger partial charge in [-0.05, 0) is 28.1 Å². The van der Waals surface area contributed by atoms with Crippen molar-refractivity contribution in [2.75, 3.05) is 5.73 Å². The van der Waals surface area contributed by atoms with Gasteiger partial charge in [-0.1, -0.05) is 18.2 Å². The van der Waals surface area contributed by atoms with Gasteiger partial charge in [-0.3, -0.25) is 9.67 Å². The normalized spacial score (nSPS) is 10.8. The minimum absolute atomic E-state index is 0.339. The molecule has 0 saturated heterocycles. The molecule has 0 fully saturated rings. The van der Waals surface area contributed by atoms with Gasteiger partial charge in [0.25, 0.3) is 0 Å². The monoisotopic (exact) mass is 346 g/mol. The van der Waals surface area contributed by atoms with Gasteiger partial charge in [0.15, 0.2) is 0 Å². The van der Waals surface area contributed by atoms with E-state index in [2.05, 4.69) is 26.0 Å². The van der Waals surface area contributed by atoms with Crippen LogP contribution in [0.4, 0.5) is 10.2 Å². The zero-order chi connectivity index (χ0) is 15.0. The molecule has 0 saturated carbocycles. The third kappa shape index (κ3) is 2.31. The predicted octanol–water partition coefficient (Wildman–Crippen LogP) is 3.63. The SMILES string of the molecule is Cn1nc(-c2cccc(F)c2Br)c(-c2cccnc2)c1N. The molecule has 2 N–H and O–H groups in total. The van der Waals surface area contributed by atoms with Crippen LogP contribution in [0.15, 0.2) is 47.2 Å². The molecular weight excluding hydrogens is 335 g/mol. The smallest absolute Gasteiger partial charge is 0.138 e. The fraction of sp³-hybridized carbons (Fsp3) is 0.0667. The summed E-state index contributed by atoms with van der Waals surface area (Å²) in [5, 5.41) is 4.43.